The summed E-state index contributed by atoms with van der Waals surface area (Å²) in [4.78, 5) is 24.1. The van der Waals surface area contributed by atoms with Gasteiger partial charge in [-0.05, 0) is 43.2 Å². The number of hydrogen-bond acceptors (Lipinski definition) is 5. The third-order valence-electron chi connectivity index (χ3n) is 4.37. The molecule has 30 heavy (non-hydrogen) atoms. The SMILES string of the molecule is CCCc1cc(=O)oc2cc(OC(C)C(=O)N/N=C\c3c(Cl)cccc3Cl)ccc12. The Morgan fingerprint density at radius 1 is 1.23 bits per heavy atom. The van der Waals surface area contributed by atoms with Gasteiger partial charge < -0.3 is 9.15 Å². The molecule has 0 fully saturated rings. The van der Waals surface area contributed by atoms with Crippen LogP contribution in [0.25, 0.3) is 11.0 Å². The molecular formula is C22H20Cl2N2O4. The Balaban J connectivity index is 1.70. The van der Waals surface area contributed by atoms with Crippen molar-refractivity contribution >= 4 is 46.3 Å². The van der Waals surface area contributed by atoms with Gasteiger partial charge in [0.2, 0.25) is 0 Å². The first-order valence-electron chi connectivity index (χ1n) is 9.39. The Bertz CT molecular complexity index is 1140. The maximum absolute atomic E-state index is 12.3. The lowest BCUT2D eigenvalue weighted by atomic mass is 10.1. The van der Waals surface area contributed by atoms with Crippen molar-refractivity contribution in [1.82, 2.24) is 5.43 Å². The molecule has 0 spiro atoms. The van der Waals surface area contributed by atoms with Gasteiger partial charge in [-0.25, -0.2) is 10.2 Å². The van der Waals surface area contributed by atoms with E-state index < -0.39 is 17.6 Å². The van der Waals surface area contributed by atoms with E-state index in [0.29, 0.717) is 26.9 Å². The lowest BCUT2D eigenvalue weighted by Gasteiger charge is -2.13. The van der Waals surface area contributed by atoms with Crippen molar-refractivity contribution in [3.05, 3.63) is 74.1 Å². The summed E-state index contributed by atoms with van der Waals surface area (Å²) in [5.41, 5.74) is 3.82. The Kier molecular flexibility index (Phi) is 7.13. The van der Waals surface area contributed by atoms with E-state index in [9.17, 15) is 9.59 Å². The number of amides is 1. The van der Waals surface area contributed by atoms with Gasteiger partial charge in [-0.3, -0.25) is 4.79 Å². The van der Waals surface area contributed by atoms with Gasteiger partial charge in [-0.1, -0.05) is 42.6 Å². The number of hydrogen-bond donors (Lipinski definition) is 1. The molecule has 0 aliphatic heterocycles. The van der Waals surface area contributed by atoms with Crippen molar-refractivity contribution in [2.75, 3.05) is 0 Å². The second-order valence-electron chi connectivity index (χ2n) is 6.63. The van der Waals surface area contributed by atoms with Crippen molar-refractivity contribution in [1.29, 1.82) is 0 Å². The predicted molar refractivity (Wildman–Crippen MR) is 119 cm³/mol. The number of nitrogens with one attached hydrogen (secondary N) is 1. The number of aryl methyl sites for hydroxylation is 1. The normalized spacial score (nSPS) is 12.3. The summed E-state index contributed by atoms with van der Waals surface area (Å²) in [5.74, 6) is -0.0595. The fraction of sp³-hybridized carbons (Fsp3) is 0.227. The fourth-order valence-corrected chi connectivity index (χ4v) is 3.40. The third-order valence-corrected chi connectivity index (χ3v) is 5.03. The lowest BCUT2D eigenvalue weighted by molar-refractivity contribution is -0.127. The molecule has 1 amide bonds. The van der Waals surface area contributed by atoms with E-state index in [4.69, 9.17) is 32.4 Å². The topological polar surface area (TPSA) is 80.9 Å². The minimum atomic E-state index is -0.841. The molecule has 0 radical (unpaired) electrons. The van der Waals surface area contributed by atoms with Gasteiger partial charge in [-0.2, -0.15) is 5.10 Å². The molecule has 0 bridgehead atoms. The molecule has 8 heteroatoms. The van der Waals surface area contributed by atoms with E-state index in [1.165, 1.54) is 12.3 Å². The zero-order valence-electron chi connectivity index (χ0n) is 16.4. The average molecular weight is 447 g/mol. The van der Waals surface area contributed by atoms with E-state index >= 15 is 0 Å². The van der Waals surface area contributed by atoms with Gasteiger partial charge >= 0.3 is 5.63 Å². The van der Waals surface area contributed by atoms with Crippen LogP contribution in [0.5, 0.6) is 5.75 Å². The molecule has 0 saturated heterocycles. The van der Waals surface area contributed by atoms with Crippen LogP contribution in [0.15, 0.2) is 56.8 Å². The highest BCUT2D eigenvalue weighted by atomic mass is 35.5. The third kappa shape index (κ3) is 5.20. The van der Waals surface area contributed by atoms with Crippen molar-refractivity contribution in [2.45, 2.75) is 32.8 Å². The molecule has 1 unspecified atom stereocenters. The van der Waals surface area contributed by atoms with Crippen molar-refractivity contribution in [3.63, 3.8) is 0 Å². The first-order chi connectivity index (χ1) is 14.4. The lowest BCUT2D eigenvalue weighted by Crippen LogP contribution is -2.33. The van der Waals surface area contributed by atoms with Gasteiger partial charge in [0.05, 0.1) is 16.3 Å². The van der Waals surface area contributed by atoms with E-state index in [-0.39, 0.29) is 0 Å². The predicted octanol–water partition coefficient (Wildman–Crippen LogP) is 4.97. The summed E-state index contributed by atoms with van der Waals surface area (Å²) in [6.07, 6.45) is 2.21. The Hall–Kier alpha value is -2.83. The highest BCUT2D eigenvalue weighted by molar-refractivity contribution is 6.38. The summed E-state index contributed by atoms with van der Waals surface area (Å²) in [5, 5.41) is 5.58. The number of carbonyl (C=O) groups excluding carboxylic acids is 1. The monoisotopic (exact) mass is 446 g/mol. The number of ether oxygens (including phenoxy) is 1. The van der Waals surface area contributed by atoms with E-state index in [2.05, 4.69) is 10.5 Å². The minimum absolute atomic E-state index is 0.403. The van der Waals surface area contributed by atoms with Crippen LogP contribution in [0.2, 0.25) is 10.0 Å². The molecule has 1 N–H and O–H groups in total. The maximum Gasteiger partial charge on any atom is 0.336 e. The molecule has 0 aliphatic rings. The molecule has 0 saturated carbocycles. The number of rotatable bonds is 7. The maximum atomic E-state index is 12.3. The number of hydrazone groups is 1. The standard InChI is InChI=1S/C22H20Cl2N2O4/c1-3-5-14-10-21(27)30-20-11-15(8-9-16(14)20)29-13(2)22(28)26-25-12-17-18(23)6-4-7-19(17)24/h4,6-13H,3,5H2,1-2H3,(H,26,28)/b25-12-. The summed E-state index contributed by atoms with van der Waals surface area (Å²) in [7, 11) is 0. The van der Waals surface area contributed by atoms with Crippen LogP contribution in [-0.2, 0) is 11.2 Å². The van der Waals surface area contributed by atoms with Crippen LogP contribution in [0.3, 0.4) is 0 Å². The molecule has 6 nitrogen and oxygen atoms in total. The number of nitrogens with zero attached hydrogens (tertiary/aromatic N) is 1. The molecule has 3 aromatic rings. The first kappa shape index (κ1) is 21.9. The van der Waals surface area contributed by atoms with Crippen LogP contribution in [0.1, 0.15) is 31.4 Å². The number of benzene rings is 2. The van der Waals surface area contributed by atoms with Crippen LogP contribution < -0.4 is 15.8 Å². The zero-order chi connectivity index (χ0) is 21.7. The second-order valence-corrected chi connectivity index (χ2v) is 7.44. The molecule has 1 aromatic heterocycles. The highest BCUT2D eigenvalue weighted by Gasteiger charge is 2.15. The molecule has 2 aromatic carbocycles. The fourth-order valence-electron chi connectivity index (χ4n) is 2.90. The van der Waals surface area contributed by atoms with Gasteiger partial charge in [0.1, 0.15) is 11.3 Å². The smallest absolute Gasteiger partial charge is 0.336 e. The van der Waals surface area contributed by atoms with Gasteiger partial charge in [0, 0.05) is 23.1 Å². The van der Waals surface area contributed by atoms with Crippen LogP contribution in [0, 0.1) is 0 Å². The summed E-state index contributed by atoms with van der Waals surface area (Å²) < 4.78 is 11.0. The van der Waals surface area contributed by atoms with Crippen molar-refractivity contribution in [2.24, 2.45) is 5.10 Å². The van der Waals surface area contributed by atoms with Gasteiger partial charge in [0.25, 0.3) is 5.91 Å². The van der Waals surface area contributed by atoms with Crippen molar-refractivity contribution in [3.8, 4) is 5.75 Å². The Morgan fingerprint density at radius 3 is 2.67 bits per heavy atom. The molecular weight excluding hydrogens is 427 g/mol. The van der Waals surface area contributed by atoms with Gasteiger partial charge in [-0.15, -0.1) is 0 Å². The number of fused-ring (bicyclic) bond motifs is 1. The minimum Gasteiger partial charge on any atom is -0.481 e. The molecule has 156 valence electrons. The molecule has 1 heterocycles. The Morgan fingerprint density at radius 2 is 1.97 bits per heavy atom. The first-order valence-corrected chi connectivity index (χ1v) is 10.1. The van der Waals surface area contributed by atoms with E-state index in [0.717, 1.165) is 23.8 Å². The highest BCUT2D eigenvalue weighted by Crippen LogP contribution is 2.24. The van der Waals surface area contributed by atoms with Gasteiger partial charge in [0.15, 0.2) is 6.10 Å². The van der Waals surface area contributed by atoms with Crippen LogP contribution in [-0.4, -0.2) is 18.2 Å². The molecule has 0 aliphatic carbocycles. The van der Waals surface area contributed by atoms with Crippen molar-refractivity contribution < 1.29 is 13.9 Å². The zero-order valence-corrected chi connectivity index (χ0v) is 18.0. The van der Waals surface area contributed by atoms with Crippen LogP contribution >= 0.6 is 23.2 Å². The quantitative estimate of drug-likeness (QED) is 0.315. The second kappa shape index (κ2) is 9.78. The Labute approximate surface area is 183 Å². The average Bonchev–Trinajstić information content (AvgIpc) is 2.70. The molecule has 3 rings (SSSR count). The van der Waals surface area contributed by atoms with E-state index in [1.807, 2.05) is 13.0 Å². The molecule has 1 atom stereocenters. The number of halogens is 2. The summed E-state index contributed by atoms with van der Waals surface area (Å²) in [6.45, 7) is 3.63. The summed E-state index contributed by atoms with van der Waals surface area (Å²) >= 11 is 12.1. The summed E-state index contributed by atoms with van der Waals surface area (Å²) in [6, 6.07) is 11.7. The largest absolute Gasteiger partial charge is 0.481 e. The number of carbonyl (C=O) groups is 1. The van der Waals surface area contributed by atoms with E-state index in [1.54, 1.807) is 37.3 Å². The van der Waals surface area contributed by atoms with Crippen LogP contribution in [0.4, 0.5) is 0 Å².